The van der Waals surface area contributed by atoms with Crippen molar-refractivity contribution in [3.8, 4) is 5.69 Å². The number of amides is 1. The summed E-state index contributed by atoms with van der Waals surface area (Å²) < 4.78 is 15.3. The Labute approximate surface area is 171 Å². The van der Waals surface area contributed by atoms with Crippen molar-refractivity contribution < 1.29 is 9.18 Å². The van der Waals surface area contributed by atoms with Crippen molar-refractivity contribution in [1.29, 1.82) is 0 Å². The Morgan fingerprint density at radius 1 is 1.00 bits per heavy atom. The highest BCUT2D eigenvalue weighted by Gasteiger charge is 2.11. The maximum Gasteiger partial charge on any atom is 0.254 e. The lowest BCUT2D eigenvalue weighted by Gasteiger charge is -2.05. The number of carbonyl (C=O) groups excluding carboxylic acids is 1. The molecule has 1 amide bonds. The highest BCUT2D eigenvalue weighted by molar-refractivity contribution is 5.94. The van der Waals surface area contributed by atoms with Gasteiger partial charge in [0.1, 0.15) is 5.82 Å². The fourth-order valence-corrected chi connectivity index (χ4v) is 3.30. The van der Waals surface area contributed by atoms with E-state index in [1.807, 2.05) is 42.5 Å². The molecule has 0 fully saturated rings. The van der Waals surface area contributed by atoms with Crippen LogP contribution in [-0.2, 0) is 6.54 Å². The van der Waals surface area contributed by atoms with E-state index in [1.54, 1.807) is 10.9 Å². The fraction of sp³-hybridized carbons (Fsp3) is 0.0435. The number of fused-ring (bicyclic) bond motifs is 2. The number of carbonyl (C=O) groups is 1. The predicted octanol–water partition coefficient (Wildman–Crippen LogP) is 4.04. The van der Waals surface area contributed by atoms with Gasteiger partial charge in [0.2, 0.25) is 0 Å². The molecule has 0 radical (unpaired) electrons. The first-order valence-electron chi connectivity index (χ1n) is 9.39. The number of aromatic nitrogens is 4. The zero-order valence-corrected chi connectivity index (χ0v) is 15.8. The van der Waals surface area contributed by atoms with Crippen molar-refractivity contribution >= 4 is 27.7 Å². The number of halogens is 1. The van der Waals surface area contributed by atoms with Crippen LogP contribution in [0.5, 0.6) is 0 Å². The monoisotopic (exact) mass is 397 g/mol. The molecule has 0 saturated carbocycles. The molecule has 146 valence electrons. The van der Waals surface area contributed by atoms with E-state index >= 15 is 0 Å². The summed E-state index contributed by atoms with van der Waals surface area (Å²) in [5.41, 5.74) is 3.12. The molecule has 0 saturated heterocycles. The number of hydrogen-bond acceptors (Lipinski definition) is 4. The van der Waals surface area contributed by atoms with Gasteiger partial charge >= 0.3 is 0 Å². The number of benzene rings is 2. The lowest BCUT2D eigenvalue weighted by molar-refractivity contribution is 0.0950. The van der Waals surface area contributed by atoms with E-state index < -0.39 is 5.82 Å². The third kappa shape index (κ3) is 3.37. The first-order chi connectivity index (χ1) is 14.7. The Kier molecular flexibility index (Phi) is 4.40. The van der Waals surface area contributed by atoms with Crippen LogP contribution in [0.3, 0.4) is 0 Å². The number of nitrogens with one attached hydrogen (secondary N) is 1. The fourth-order valence-electron chi connectivity index (χ4n) is 3.30. The molecule has 0 atom stereocenters. The van der Waals surface area contributed by atoms with Gasteiger partial charge in [0, 0.05) is 23.2 Å². The van der Waals surface area contributed by atoms with Gasteiger partial charge in [-0.15, -0.1) is 0 Å². The molecular weight excluding hydrogens is 381 g/mol. The molecule has 7 heteroatoms. The maximum absolute atomic E-state index is 13.7. The van der Waals surface area contributed by atoms with Crippen molar-refractivity contribution in [1.82, 2.24) is 25.1 Å². The van der Waals surface area contributed by atoms with E-state index in [0.717, 1.165) is 27.5 Å². The van der Waals surface area contributed by atoms with E-state index in [2.05, 4.69) is 21.5 Å². The lowest BCUT2D eigenvalue weighted by Crippen LogP contribution is -2.23. The predicted molar refractivity (Wildman–Crippen MR) is 112 cm³/mol. The second-order valence-electron chi connectivity index (χ2n) is 6.85. The minimum absolute atomic E-state index is 0.00363. The van der Waals surface area contributed by atoms with Gasteiger partial charge in [-0.1, -0.05) is 24.3 Å². The van der Waals surface area contributed by atoms with Crippen molar-refractivity contribution in [2.75, 3.05) is 0 Å². The summed E-state index contributed by atoms with van der Waals surface area (Å²) in [4.78, 5) is 21.0. The Morgan fingerprint density at radius 2 is 1.87 bits per heavy atom. The molecule has 5 rings (SSSR count). The molecular formula is C23H16FN5O. The van der Waals surface area contributed by atoms with Crippen LogP contribution in [0.25, 0.3) is 27.5 Å². The normalized spacial score (nSPS) is 11.1. The molecule has 0 spiro atoms. The van der Waals surface area contributed by atoms with Crippen LogP contribution in [0.2, 0.25) is 0 Å². The Morgan fingerprint density at radius 3 is 2.77 bits per heavy atom. The number of pyridine rings is 2. The second kappa shape index (κ2) is 7.36. The largest absolute Gasteiger partial charge is 0.346 e. The van der Waals surface area contributed by atoms with Crippen molar-refractivity contribution in [3.63, 3.8) is 0 Å². The minimum Gasteiger partial charge on any atom is -0.346 e. The van der Waals surface area contributed by atoms with Crippen molar-refractivity contribution in [2.45, 2.75) is 6.54 Å². The van der Waals surface area contributed by atoms with Crippen LogP contribution in [-0.4, -0.2) is 25.7 Å². The van der Waals surface area contributed by atoms with Crippen LogP contribution in [0.1, 0.15) is 16.1 Å². The van der Waals surface area contributed by atoms with Gasteiger partial charge < -0.3 is 5.32 Å². The molecule has 0 unspecified atom stereocenters. The zero-order chi connectivity index (χ0) is 20.5. The summed E-state index contributed by atoms with van der Waals surface area (Å²) in [5, 5.41) is 9.06. The van der Waals surface area contributed by atoms with Gasteiger partial charge in [0.05, 0.1) is 40.7 Å². The summed E-state index contributed by atoms with van der Waals surface area (Å²) in [6, 6.07) is 18.7. The molecule has 3 aromatic heterocycles. The number of rotatable bonds is 4. The summed E-state index contributed by atoms with van der Waals surface area (Å²) in [7, 11) is 0. The van der Waals surface area contributed by atoms with E-state index in [1.165, 1.54) is 24.5 Å². The number of para-hydroxylation sites is 1. The molecule has 3 heterocycles. The van der Waals surface area contributed by atoms with Crippen molar-refractivity contribution in [2.24, 2.45) is 0 Å². The van der Waals surface area contributed by atoms with Gasteiger partial charge in [-0.25, -0.2) is 14.1 Å². The smallest absolute Gasteiger partial charge is 0.254 e. The Balaban J connectivity index is 1.39. The van der Waals surface area contributed by atoms with Gasteiger partial charge in [-0.2, -0.15) is 5.10 Å². The minimum atomic E-state index is -0.454. The van der Waals surface area contributed by atoms with Gasteiger partial charge in [0.25, 0.3) is 5.91 Å². The average molecular weight is 397 g/mol. The van der Waals surface area contributed by atoms with E-state index in [0.29, 0.717) is 5.56 Å². The van der Waals surface area contributed by atoms with Crippen LogP contribution in [0, 0.1) is 5.82 Å². The highest BCUT2D eigenvalue weighted by Crippen LogP contribution is 2.22. The van der Waals surface area contributed by atoms with E-state index in [9.17, 15) is 9.18 Å². The van der Waals surface area contributed by atoms with E-state index in [4.69, 9.17) is 4.98 Å². The van der Waals surface area contributed by atoms with Crippen LogP contribution in [0.4, 0.5) is 4.39 Å². The Hall–Kier alpha value is -4.13. The zero-order valence-electron chi connectivity index (χ0n) is 15.8. The maximum atomic E-state index is 13.7. The summed E-state index contributed by atoms with van der Waals surface area (Å²) in [6.07, 6.45) is 4.59. The number of nitrogens with zero attached hydrogens (tertiary/aromatic N) is 4. The standard InChI is InChI=1S/C23H16FN5O/c24-19-5-3-9-25-22(19)13-26-23(30)17-12-27-29(14-17)18-8-7-16-10-15-4-1-2-6-20(15)28-21(16)11-18/h1-12,14H,13H2,(H,26,30). The summed E-state index contributed by atoms with van der Waals surface area (Å²) >= 11 is 0. The average Bonchev–Trinajstić information content (AvgIpc) is 3.27. The quantitative estimate of drug-likeness (QED) is 0.465. The van der Waals surface area contributed by atoms with E-state index in [-0.39, 0.29) is 18.1 Å². The molecule has 6 nitrogen and oxygen atoms in total. The molecule has 1 N–H and O–H groups in total. The molecule has 0 aliphatic rings. The molecule has 30 heavy (non-hydrogen) atoms. The topological polar surface area (TPSA) is 72.7 Å². The molecule has 0 aliphatic heterocycles. The van der Waals surface area contributed by atoms with Gasteiger partial charge in [-0.3, -0.25) is 9.78 Å². The van der Waals surface area contributed by atoms with Crippen LogP contribution in [0.15, 0.2) is 79.3 Å². The SMILES string of the molecule is O=C(NCc1ncccc1F)c1cnn(-c2ccc3cc4ccccc4nc3c2)c1. The molecule has 2 aromatic carbocycles. The second-order valence-corrected chi connectivity index (χ2v) is 6.85. The highest BCUT2D eigenvalue weighted by atomic mass is 19.1. The molecule has 5 aromatic rings. The van der Waals surface area contributed by atoms with Gasteiger partial charge in [0.15, 0.2) is 0 Å². The molecule has 0 aliphatic carbocycles. The van der Waals surface area contributed by atoms with Crippen LogP contribution < -0.4 is 5.32 Å². The Bertz CT molecular complexity index is 1400. The third-order valence-electron chi connectivity index (χ3n) is 4.86. The number of hydrogen-bond donors (Lipinski definition) is 1. The van der Waals surface area contributed by atoms with Crippen molar-refractivity contribution in [3.05, 3.63) is 96.3 Å². The first-order valence-corrected chi connectivity index (χ1v) is 9.39. The van der Waals surface area contributed by atoms with Gasteiger partial charge in [-0.05, 0) is 36.4 Å². The van der Waals surface area contributed by atoms with Crippen LogP contribution >= 0.6 is 0 Å². The first kappa shape index (κ1) is 17.9. The summed E-state index contributed by atoms with van der Waals surface area (Å²) in [5.74, 6) is -0.805. The summed E-state index contributed by atoms with van der Waals surface area (Å²) in [6.45, 7) is 0.00363. The third-order valence-corrected chi connectivity index (χ3v) is 4.86. The lowest BCUT2D eigenvalue weighted by atomic mass is 10.1. The molecule has 0 bridgehead atoms.